The van der Waals surface area contributed by atoms with Crippen molar-refractivity contribution in [2.45, 2.75) is 17.9 Å². The van der Waals surface area contributed by atoms with Crippen molar-refractivity contribution < 1.29 is 16.8 Å². The summed E-state index contributed by atoms with van der Waals surface area (Å²) in [5, 5.41) is 8.50. The van der Waals surface area contributed by atoms with Gasteiger partial charge in [0, 0.05) is 40.7 Å². The Bertz CT molecular complexity index is 782. The highest BCUT2D eigenvalue weighted by molar-refractivity contribution is 7.89. The topological polar surface area (TPSA) is 111 Å². The second kappa shape index (κ2) is 7.85. The Morgan fingerprint density at radius 1 is 1.13 bits per heavy atom. The van der Waals surface area contributed by atoms with E-state index >= 15 is 0 Å². The van der Waals surface area contributed by atoms with Crippen LogP contribution in [0.4, 0.5) is 0 Å². The molecule has 0 saturated heterocycles. The van der Waals surface area contributed by atoms with Gasteiger partial charge in [0.15, 0.2) is 0 Å². The quantitative estimate of drug-likeness (QED) is 0.708. The van der Waals surface area contributed by atoms with Crippen molar-refractivity contribution in [2.75, 3.05) is 27.7 Å². The third-order valence-electron chi connectivity index (χ3n) is 3.13. The number of nitrogens with one attached hydrogen (secondary N) is 1. The molecule has 0 aromatic heterocycles. The summed E-state index contributed by atoms with van der Waals surface area (Å²) in [5.74, 6) is 0. The van der Waals surface area contributed by atoms with Crippen LogP contribution in [0.25, 0.3) is 0 Å². The smallest absolute Gasteiger partial charge is 0.207 e. The normalized spacial score (nSPS) is 12.5. The minimum Gasteiger partial charge on any atom is -0.207 e. The van der Waals surface area contributed by atoms with Gasteiger partial charge in [0.1, 0.15) is 0 Å². The Labute approximate surface area is 137 Å². The number of hydrogen-bond donors (Lipinski definition) is 1. The molecular weight excluding hydrogens is 340 g/mol. The molecule has 0 atom stereocenters. The fourth-order valence-corrected chi connectivity index (χ4v) is 3.71. The number of hydrogen-bond acceptors (Lipinski definition) is 5. The van der Waals surface area contributed by atoms with Crippen molar-refractivity contribution in [3.63, 3.8) is 0 Å². The molecule has 0 bridgehead atoms. The summed E-state index contributed by atoms with van der Waals surface area (Å²) in [4.78, 5) is 0.0485. The average Bonchev–Trinajstić information content (AvgIpc) is 2.50. The Balaban J connectivity index is 2.98. The van der Waals surface area contributed by atoms with Crippen LogP contribution in [0.15, 0.2) is 29.2 Å². The molecule has 8 nitrogen and oxygen atoms in total. The van der Waals surface area contributed by atoms with Gasteiger partial charge < -0.3 is 0 Å². The summed E-state index contributed by atoms with van der Waals surface area (Å²) >= 11 is 0. The lowest BCUT2D eigenvalue weighted by molar-refractivity contribution is 0.463. The van der Waals surface area contributed by atoms with Crippen molar-refractivity contribution in [2.24, 2.45) is 0 Å². The first kappa shape index (κ1) is 19.5. The Morgan fingerprint density at radius 2 is 1.74 bits per heavy atom. The number of nitrogens with zero attached hydrogens (tertiary/aromatic N) is 3. The van der Waals surface area contributed by atoms with E-state index < -0.39 is 20.2 Å². The SMILES string of the molecule is CN(CCC#N)S(=O)(=O)NCc1ccccc1S(=O)(=O)N(C)C. The number of sulfonamides is 1. The molecule has 0 aliphatic carbocycles. The molecule has 0 aliphatic rings. The van der Waals surface area contributed by atoms with E-state index in [0.717, 1.165) is 8.61 Å². The van der Waals surface area contributed by atoms with Crippen LogP contribution < -0.4 is 4.72 Å². The van der Waals surface area contributed by atoms with E-state index in [9.17, 15) is 16.8 Å². The summed E-state index contributed by atoms with van der Waals surface area (Å²) < 4.78 is 53.0. The van der Waals surface area contributed by atoms with Crippen LogP contribution in [0.2, 0.25) is 0 Å². The summed E-state index contributed by atoms with van der Waals surface area (Å²) in [6, 6.07) is 8.06. The van der Waals surface area contributed by atoms with Crippen molar-refractivity contribution in [3.05, 3.63) is 29.8 Å². The van der Waals surface area contributed by atoms with Crippen molar-refractivity contribution in [3.8, 4) is 6.07 Å². The van der Waals surface area contributed by atoms with Crippen LogP contribution in [0.5, 0.6) is 0 Å². The van der Waals surface area contributed by atoms with Crippen molar-refractivity contribution >= 4 is 20.2 Å². The molecule has 0 spiro atoms. The van der Waals surface area contributed by atoms with Crippen LogP contribution in [-0.2, 0) is 26.8 Å². The molecule has 1 aromatic carbocycles. The molecule has 0 saturated carbocycles. The molecule has 1 aromatic rings. The monoisotopic (exact) mass is 360 g/mol. The Hall–Kier alpha value is -1.51. The maximum absolute atomic E-state index is 12.3. The van der Waals surface area contributed by atoms with Gasteiger partial charge in [0.05, 0.1) is 11.0 Å². The second-order valence-corrected chi connectivity index (χ2v) is 8.93. The lowest BCUT2D eigenvalue weighted by atomic mass is 10.2. The van der Waals surface area contributed by atoms with Gasteiger partial charge >= 0.3 is 0 Å². The van der Waals surface area contributed by atoms with E-state index in [1.54, 1.807) is 18.2 Å². The zero-order valence-electron chi connectivity index (χ0n) is 13.2. The predicted molar refractivity (Wildman–Crippen MR) is 85.9 cm³/mol. The van der Waals surface area contributed by atoms with E-state index in [-0.39, 0.29) is 24.4 Å². The van der Waals surface area contributed by atoms with E-state index in [1.807, 2.05) is 6.07 Å². The van der Waals surface area contributed by atoms with Crippen LogP contribution >= 0.6 is 0 Å². The van der Waals surface area contributed by atoms with Gasteiger partial charge in [0.2, 0.25) is 10.0 Å². The maximum Gasteiger partial charge on any atom is 0.279 e. The molecule has 0 radical (unpaired) electrons. The highest BCUT2D eigenvalue weighted by Crippen LogP contribution is 2.18. The van der Waals surface area contributed by atoms with Gasteiger partial charge in [-0.1, -0.05) is 18.2 Å². The minimum absolute atomic E-state index is 0.0485. The highest BCUT2D eigenvalue weighted by Gasteiger charge is 2.22. The van der Waals surface area contributed by atoms with E-state index in [2.05, 4.69) is 4.72 Å². The standard InChI is InChI=1S/C13H20N4O4S2/c1-16(2)22(18,19)13-8-5-4-7-12(13)11-15-23(20,21)17(3)10-6-9-14/h4-5,7-8,15H,6,10-11H2,1-3H3. The van der Waals surface area contributed by atoms with Gasteiger partial charge in [-0.05, 0) is 11.6 Å². The van der Waals surface area contributed by atoms with Crippen LogP contribution in [-0.4, -0.2) is 53.1 Å². The first-order chi connectivity index (χ1) is 10.6. The highest BCUT2D eigenvalue weighted by atomic mass is 32.2. The molecule has 128 valence electrons. The van der Waals surface area contributed by atoms with Gasteiger partial charge in [-0.25, -0.2) is 12.7 Å². The van der Waals surface area contributed by atoms with Crippen LogP contribution in [0, 0.1) is 11.3 Å². The Kier molecular flexibility index (Phi) is 6.67. The summed E-state index contributed by atoms with van der Waals surface area (Å²) in [5.41, 5.74) is 0.346. The molecule has 0 aliphatic heterocycles. The lowest BCUT2D eigenvalue weighted by Gasteiger charge is -2.18. The molecule has 1 N–H and O–H groups in total. The van der Waals surface area contributed by atoms with Gasteiger partial charge in [-0.2, -0.15) is 22.7 Å². The van der Waals surface area contributed by atoms with Crippen LogP contribution in [0.3, 0.4) is 0 Å². The summed E-state index contributed by atoms with van der Waals surface area (Å²) in [7, 11) is -3.29. The number of nitriles is 1. The molecule has 10 heteroatoms. The minimum atomic E-state index is -3.79. The van der Waals surface area contributed by atoms with E-state index in [0.29, 0.717) is 5.56 Å². The predicted octanol–water partition coefficient (Wildman–Crippen LogP) is 0.117. The van der Waals surface area contributed by atoms with E-state index in [4.69, 9.17) is 5.26 Å². The molecule has 0 amide bonds. The van der Waals surface area contributed by atoms with E-state index in [1.165, 1.54) is 27.2 Å². The first-order valence-corrected chi connectivity index (χ1v) is 9.59. The first-order valence-electron chi connectivity index (χ1n) is 6.71. The molecule has 23 heavy (non-hydrogen) atoms. The van der Waals surface area contributed by atoms with Gasteiger partial charge in [-0.3, -0.25) is 0 Å². The van der Waals surface area contributed by atoms with Crippen molar-refractivity contribution in [1.82, 2.24) is 13.3 Å². The zero-order valence-corrected chi connectivity index (χ0v) is 14.9. The number of benzene rings is 1. The third kappa shape index (κ3) is 4.98. The second-order valence-electron chi connectivity index (χ2n) is 4.95. The fraction of sp³-hybridized carbons (Fsp3) is 0.462. The number of rotatable bonds is 8. The molecule has 1 rings (SSSR count). The summed E-state index contributed by atoms with van der Waals surface area (Å²) in [6.07, 6.45) is 0.0724. The molecule has 0 heterocycles. The third-order valence-corrected chi connectivity index (χ3v) is 6.55. The molecule has 0 unspecified atom stereocenters. The van der Waals surface area contributed by atoms with Gasteiger partial charge in [0.25, 0.3) is 10.2 Å². The Morgan fingerprint density at radius 3 is 2.30 bits per heavy atom. The largest absolute Gasteiger partial charge is 0.279 e. The van der Waals surface area contributed by atoms with Gasteiger partial charge in [-0.15, -0.1) is 0 Å². The maximum atomic E-state index is 12.3. The van der Waals surface area contributed by atoms with Crippen LogP contribution in [0.1, 0.15) is 12.0 Å². The molecule has 0 fully saturated rings. The average molecular weight is 360 g/mol. The molecular formula is C13H20N4O4S2. The lowest BCUT2D eigenvalue weighted by Crippen LogP contribution is -2.38. The zero-order chi connectivity index (χ0) is 17.7. The van der Waals surface area contributed by atoms with Crippen molar-refractivity contribution in [1.29, 1.82) is 5.26 Å². The summed E-state index contributed by atoms with van der Waals surface area (Å²) in [6.45, 7) is -0.105. The fourth-order valence-electron chi connectivity index (χ4n) is 1.70.